The number of carbonyl (C=O) groups excluding carboxylic acids is 1. The Labute approximate surface area is 138 Å². The van der Waals surface area contributed by atoms with Crippen LogP contribution in [0.15, 0.2) is 47.6 Å². The van der Waals surface area contributed by atoms with Gasteiger partial charge in [0.2, 0.25) is 0 Å². The number of aliphatic hydroxyl groups is 1. The summed E-state index contributed by atoms with van der Waals surface area (Å²) in [6.45, 7) is 0.796. The van der Waals surface area contributed by atoms with Gasteiger partial charge in [0.1, 0.15) is 0 Å². The highest BCUT2D eigenvalue weighted by Crippen LogP contribution is 2.28. The molecule has 1 aliphatic rings. The Balaban J connectivity index is 1.45. The van der Waals surface area contributed by atoms with Gasteiger partial charge in [-0.25, -0.2) is 4.98 Å². The number of nitrogens with zero attached hydrogens (tertiary/aromatic N) is 3. The Hall–Kier alpha value is -2.67. The molecule has 1 saturated carbocycles. The highest BCUT2D eigenvalue weighted by atomic mass is 16.5. The lowest BCUT2D eigenvalue weighted by atomic mass is 10.1. The normalized spacial score (nSPS) is 23.6. The zero-order valence-corrected chi connectivity index (χ0v) is 13.0. The third-order valence-electron chi connectivity index (χ3n) is 4.61. The van der Waals surface area contributed by atoms with Crippen LogP contribution < -0.4 is 5.32 Å². The van der Waals surface area contributed by atoms with Gasteiger partial charge in [-0.15, -0.1) is 0 Å². The minimum absolute atomic E-state index is 0.212. The van der Waals surface area contributed by atoms with Gasteiger partial charge in [-0.3, -0.25) is 4.79 Å². The highest BCUT2D eigenvalue weighted by Gasteiger charge is 2.34. The van der Waals surface area contributed by atoms with E-state index in [-0.39, 0.29) is 11.9 Å². The van der Waals surface area contributed by atoms with Crippen LogP contribution in [0.5, 0.6) is 0 Å². The minimum Gasteiger partial charge on any atom is -0.391 e. The maximum Gasteiger partial charge on any atom is 0.252 e. The monoisotopic (exact) mass is 326 g/mol. The molecule has 0 bridgehead atoms. The van der Waals surface area contributed by atoms with E-state index < -0.39 is 6.10 Å². The van der Waals surface area contributed by atoms with Gasteiger partial charge in [0, 0.05) is 18.9 Å². The number of rotatable bonds is 4. The number of carbonyl (C=O) groups is 1. The molecular weight excluding hydrogens is 308 g/mol. The summed E-state index contributed by atoms with van der Waals surface area (Å²) in [4.78, 5) is 16.6. The fraction of sp³-hybridized carbons (Fsp3) is 0.353. The Bertz CT molecular complexity index is 843. The number of aliphatic hydroxyl groups excluding tert-OH is 1. The van der Waals surface area contributed by atoms with Crippen LogP contribution in [0.4, 0.5) is 0 Å². The maximum absolute atomic E-state index is 12.6. The molecule has 7 nitrogen and oxygen atoms in total. The number of imidazole rings is 1. The second kappa shape index (κ2) is 6.09. The number of hydrogen-bond acceptors (Lipinski definition) is 5. The van der Waals surface area contributed by atoms with Crippen LogP contribution in [0, 0.1) is 5.92 Å². The molecule has 1 amide bonds. The molecule has 2 aromatic heterocycles. The zero-order chi connectivity index (χ0) is 16.5. The first-order chi connectivity index (χ1) is 11.7. The number of amides is 1. The topological polar surface area (TPSA) is 93.2 Å². The summed E-state index contributed by atoms with van der Waals surface area (Å²) in [5.74, 6) is 0.0991. The van der Waals surface area contributed by atoms with E-state index in [0.717, 1.165) is 13.0 Å². The lowest BCUT2D eigenvalue weighted by Gasteiger charge is -2.16. The van der Waals surface area contributed by atoms with Crippen LogP contribution in [0.25, 0.3) is 11.0 Å². The molecule has 24 heavy (non-hydrogen) atoms. The van der Waals surface area contributed by atoms with Gasteiger partial charge in [-0.1, -0.05) is 11.2 Å². The predicted octanol–water partition coefficient (Wildman–Crippen LogP) is 1.59. The van der Waals surface area contributed by atoms with Crippen LogP contribution in [-0.4, -0.2) is 37.9 Å². The van der Waals surface area contributed by atoms with Crippen LogP contribution in [0.1, 0.15) is 23.2 Å². The summed E-state index contributed by atoms with van der Waals surface area (Å²) in [6, 6.07) is 5.01. The summed E-state index contributed by atoms with van der Waals surface area (Å²) in [7, 11) is 0. The molecule has 4 rings (SSSR count). The van der Waals surface area contributed by atoms with E-state index in [1.807, 2.05) is 10.8 Å². The summed E-state index contributed by atoms with van der Waals surface area (Å²) >= 11 is 0. The Morgan fingerprint density at radius 1 is 1.42 bits per heavy atom. The number of fused-ring (bicyclic) bond motifs is 1. The molecule has 2 N–H and O–H groups in total. The van der Waals surface area contributed by atoms with Crippen molar-refractivity contribution in [2.45, 2.75) is 31.5 Å². The molecule has 1 unspecified atom stereocenters. The van der Waals surface area contributed by atoms with Crippen molar-refractivity contribution in [3.8, 4) is 0 Å². The van der Waals surface area contributed by atoms with Gasteiger partial charge < -0.3 is 19.5 Å². The van der Waals surface area contributed by atoms with Crippen molar-refractivity contribution in [3.05, 3.63) is 48.7 Å². The molecule has 1 aromatic carbocycles. The van der Waals surface area contributed by atoms with E-state index in [4.69, 9.17) is 4.52 Å². The molecule has 0 saturated heterocycles. The SMILES string of the molecule is O=C(N[C@@H]1CC(Cn2ccnc2)C[C@H]1O)c1cccc2oncc12. The van der Waals surface area contributed by atoms with E-state index >= 15 is 0 Å². The van der Waals surface area contributed by atoms with Crippen molar-refractivity contribution in [2.24, 2.45) is 5.92 Å². The number of benzene rings is 1. The number of aromatic nitrogens is 3. The molecule has 0 radical (unpaired) electrons. The molecule has 3 atom stereocenters. The molecule has 0 spiro atoms. The van der Waals surface area contributed by atoms with E-state index in [1.54, 1.807) is 30.7 Å². The smallest absolute Gasteiger partial charge is 0.252 e. The largest absolute Gasteiger partial charge is 0.391 e. The maximum atomic E-state index is 12.6. The molecular formula is C17H18N4O3. The Kier molecular flexibility index (Phi) is 3.78. The van der Waals surface area contributed by atoms with Crippen LogP contribution >= 0.6 is 0 Å². The van der Waals surface area contributed by atoms with Crippen LogP contribution in [0.3, 0.4) is 0 Å². The second-order valence-electron chi connectivity index (χ2n) is 6.29. The molecule has 2 heterocycles. The highest BCUT2D eigenvalue weighted by molar-refractivity contribution is 6.05. The summed E-state index contributed by atoms with van der Waals surface area (Å²) in [5.41, 5.74) is 1.09. The van der Waals surface area contributed by atoms with E-state index in [2.05, 4.69) is 15.5 Å². The summed E-state index contributed by atoms with van der Waals surface area (Å²) in [5, 5.41) is 17.6. The van der Waals surface area contributed by atoms with Crippen molar-refractivity contribution >= 4 is 16.9 Å². The lowest BCUT2D eigenvalue weighted by Crippen LogP contribution is -2.40. The fourth-order valence-electron chi connectivity index (χ4n) is 3.45. The van der Waals surface area contributed by atoms with E-state index in [1.165, 1.54) is 6.20 Å². The lowest BCUT2D eigenvalue weighted by molar-refractivity contribution is 0.0874. The predicted molar refractivity (Wildman–Crippen MR) is 86.2 cm³/mol. The van der Waals surface area contributed by atoms with Crippen molar-refractivity contribution in [3.63, 3.8) is 0 Å². The Morgan fingerprint density at radius 2 is 2.33 bits per heavy atom. The molecule has 124 valence electrons. The van der Waals surface area contributed by atoms with Gasteiger partial charge >= 0.3 is 0 Å². The summed E-state index contributed by atoms with van der Waals surface area (Å²) < 4.78 is 7.09. The van der Waals surface area contributed by atoms with Crippen molar-refractivity contribution < 1.29 is 14.4 Å². The van der Waals surface area contributed by atoms with Crippen LogP contribution in [0.2, 0.25) is 0 Å². The Morgan fingerprint density at radius 3 is 3.17 bits per heavy atom. The quantitative estimate of drug-likeness (QED) is 0.759. The van der Waals surface area contributed by atoms with Gasteiger partial charge in [-0.05, 0) is 30.9 Å². The first-order valence-corrected chi connectivity index (χ1v) is 7.99. The first-order valence-electron chi connectivity index (χ1n) is 7.99. The van der Waals surface area contributed by atoms with Gasteiger partial charge in [0.05, 0.1) is 35.6 Å². The zero-order valence-electron chi connectivity index (χ0n) is 13.0. The van der Waals surface area contributed by atoms with E-state index in [0.29, 0.717) is 28.9 Å². The van der Waals surface area contributed by atoms with Crippen LogP contribution in [-0.2, 0) is 6.54 Å². The molecule has 1 aliphatic carbocycles. The molecule has 1 fully saturated rings. The van der Waals surface area contributed by atoms with Gasteiger partial charge in [0.25, 0.3) is 5.91 Å². The fourth-order valence-corrected chi connectivity index (χ4v) is 3.45. The van der Waals surface area contributed by atoms with Crippen molar-refractivity contribution in [1.29, 1.82) is 0 Å². The molecule has 7 heteroatoms. The van der Waals surface area contributed by atoms with Crippen molar-refractivity contribution in [1.82, 2.24) is 20.0 Å². The third-order valence-corrected chi connectivity index (χ3v) is 4.61. The molecule has 3 aromatic rings. The third kappa shape index (κ3) is 2.78. The minimum atomic E-state index is -0.538. The number of hydrogen-bond donors (Lipinski definition) is 2. The van der Waals surface area contributed by atoms with Gasteiger partial charge in [0.15, 0.2) is 5.58 Å². The number of nitrogens with one attached hydrogen (secondary N) is 1. The average Bonchev–Trinajstić information content (AvgIpc) is 3.29. The second-order valence-corrected chi connectivity index (χ2v) is 6.29. The van der Waals surface area contributed by atoms with E-state index in [9.17, 15) is 9.90 Å². The standard InChI is InChI=1S/C17H18N4O3/c22-15-7-11(9-21-5-4-18-10-21)6-14(15)20-17(23)12-2-1-3-16-13(12)8-19-24-16/h1-5,8,10-11,14-15,22H,6-7,9H2,(H,20,23)/t11?,14-,15-/m1/s1. The van der Waals surface area contributed by atoms with Gasteiger partial charge in [-0.2, -0.15) is 0 Å². The average molecular weight is 326 g/mol. The molecule has 0 aliphatic heterocycles. The first kappa shape index (κ1) is 14.9. The van der Waals surface area contributed by atoms with Crippen molar-refractivity contribution in [2.75, 3.05) is 0 Å². The summed E-state index contributed by atoms with van der Waals surface area (Å²) in [6.07, 6.45) is 7.83.